The van der Waals surface area contributed by atoms with Gasteiger partial charge in [-0.3, -0.25) is 4.90 Å². The van der Waals surface area contributed by atoms with Crippen LogP contribution in [0.2, 0.25) is 0 Å². The number of halogens is 1. The third kappa shape index (κ3) is 4.26. The normalized spacial score (nSPS) is 19.9. The SMILES string of the molecule is Cl.NC(=S)CC1CCCN1Cc1ccccc1. The van der Waals surface area contributed by atoms with Crippen molar-refractivity contribution in [3.8, 4) is 0 Å². The van der Waals surface area contributed by atoms with Crippen LogP contribution in [0.4, 0.5) is 0 Å². The molecule has 0 amide bonds. The number of rotatable bonds is 4. The topological polar surface area (TPSA) is 29.3 Å². The minimum absolute atomic E-state index is 0. The third-order valence-corrected chi connectivity index (χ3v) is 3.33. The summed E-state index contributed by atoms with van der Waals surface area (Å²) < 4.78 is 0. The van der Waals surface area contributed by atoms with Crippen molar-refractivity contribution in [3.63, 3.8) is 0 Å². The molecule has 0 aliphatic carbocycles. The Morgan fingerprint density at radius 1 is 1.35 bits per heavy atom. The summed E-state index contributed by atoms with van der Waals surface area (Å²) >= 11 is 5.00. The summed E-state index contributed by atoms with van der Waals surface area (Å²) in [5, 5.41) is 0. The molecule has 1 aromatic carbocycles. The van der Waals surface area contributed by atoms with Crippen LogP contribution in [0.15, 0.2) is 30.3 Å². The molecule has 0 aromatic heterocycles. The molecule has 2 N–H and O–H groups in total. The highest BCUT2D eigenvalue weighted by molar-refractivity contribution is 7.80. The Hall–Kier alpha value is -0.640. The quantitative estimate of drug-likeness (QED) is 0.853. The molecule has 1 heterocycles. The van der Waals surface area contributed by atoms with Crippen molar-refractivity contribution in [2.75, 3.05) is 6.54 Å². The monoisotopic (exact) mass is 270 g/mol. The minimum Gasteiger partial charge on any atom is -0.393 e. The highest BCUT2D eigenvalue weighted by Crippen LogP contribution is 2.22. The maximum absolute atomic E-state index is 5.63. The van der Waals surface area contributed by atoms with E-state index < -0.39 is 0 Å². The van der Waals surface area contributed by atoms with E-state index in [1.54, 1.807) is 0 Å². The third-order valence-electron chi connectivity index (χ3n) is 3.16. The average Bonchev–Trinajstić information content (AvgIpc) is 2.66. The number of benzene rings is 1. The lowest BCUT2D eigenvalue weighted by atomic mass is 10.1. The Morgan fingerprint density at radius 3 is 2.71 bits per heavy atom. The van der Waals surface area contributed by atoms with Gasteiger partial charge in [0, 0.05) is 19.0 Å². The summed E-state index contributed by atoms with van der Waals surface area (Å²) in [6.45, 7) is 2.19. The molecule has 0 saturated carbocycles. The smallest absolute Gasteiger partial charge is 0.0743 e. The van der Waals surface area contributed by atoms with Crippen molar-refractivity contribution in [3.05, 3.63) is 35.9 Å². The molecule has 1 saturated heterocycles. The predicted octanol–water partition coefficient (Wildman–Crippen LogP) is 2.75. The van der Waals surface area contributed by atoms with Crippen molar-refractivity contribution >= 4 is 29.6 Å². The van der Waals surface area contributed by atoms with Gasteiger partial charge in [0.15, 0.2) is 0 Å². The zero-order valence-corrected chi connectivity index (χ0v) is 11.5. The highest BCUT2D eigenvalue weighted by atomic mass is 35.5. The lowest BCUT2D eigenvalue weighted by Crippen LogP contribution is -2.32. The Labute approximate surface area is 115 Å². The van der Waals surface area contributed by atoms with E-state index in [-0.39, 0.29) is 12.4 Å². The number of thiocarbonyl (C=S) groups is 1. The second kappa shape index (κ2) is 6.94. The van der Waals surface area contributed by atoms with Gasteiger partial charge in [0.1, 0.15) is 0 Å². The Balaban J connectivity index is 0.00000144. The van der Waals surface area contributed by atoms with Crippen LogP contribution < -0.4 is 5.73 Å². The molecule has 2 rings (SSSR count). The number of hydrogen-bond acceptors (Lipinski definition) is 2. The Morgan fingerprint density at radius 2 is 2.06 bits per heavy atom. The van der Waals surface area contributed by atoms with E-state index >= 15 is 0 Å². The summed E-state index contributed by atoms with van der Waals surface area (Å²) in [6, 6.07) is 11.1. The fourth-order valence-corrected chi connectivity index (χ4v) is 2.58. The summed E-state index contributed by atoms with van der Waals surface area (Å²) in [4.78, 5) is 3.14. The van der Waals surface area contributed by atoms with E-state index in [4.69, 9.17) is 18.0 Å². The fourth-order valence-electron chi connectivity index (χ4n) is 2.38. The number of nitrogens with zero attached hydrogens (tertiary/aromatic N) is 1. The molecule has 0 spiro atoms. The fraction of sp³-hybridized carbons (Fsp3) is 0.462. The lowest BCUT2D eigenvalue weighted by Gasteiger charge is -2.24. The van der Waals surface area contributed by atoms with Crippen molar-refractivity contribution in [2.45, 2.75) is 31.8 Å². The summed E-state index contributed by atoms with van der Waals surface area (Å²) in [5.41, 5.74) is 7.01. The predicted molar refractivity (Wildman–Crippen MR) is 78.5 cm³/mol. The van der Waals surface area contributed by atoms with Gasteiger partial charge in [0.25, 0.3) is 0 Å². The molecule has 94 valence electrons. The molecular formula is C13H19ClN2S. The summed E-state index contributed by atoms with van der Waals surface area (Å²) in [6.07, 6.45) is 3.35. The largest absolute Gasteiger partial charge is 0.393 e. The van der Waals surface area contributed by atoms with Crippen LogP contribution in [0.5, 0.6) is 0 Å². The summed E-state index contributed by atoms with van der Waals surface area (Å²) in [7, 11) is 0. The van der Waals surface area contributed by atoms with Crippen molar-refractivity contribution in [1.29, 1.82) is 0 Å². The second-order valence-corrected chi connectivity index (χ2v) is 4.95. The van der Waals surface area contributed by atoms with Crippen LogP contribution in [0.25, 0.3) is 0 Å². The molecule has 0 bridgehead atoms. The van der Waals surface area contributed by atoms with E-state index in [2.05, 4.69) is 35.2 Å². The number of nitrogens with two attached hydrogens (primary N) is 1. The molecule has 1 unspecified atom stereocenters. The van der Waals surface area contributed by atoms with Gasteiger partial charge in [-0.2, -0.15) is 0 Å². The second-order valence-electron chi connectivity index (χ2n) is 4.42. The molecular weight excluding hydrogens is 252 g/mol. The van der Waals surface area contributed by atoms with Gasteiger partial charge in [-0.05, 0) is 24.9 Å². The standard InChI is InChI=1S/C13H18N2S.ClH/c14-13(16)9-12-7-4-8-15(12)10-11-5-2-1-3-6-11;/h1-3,5-6,12H,4,7-10H2,(H2,14,16);1H. The molecule has 17 heavy (non-hydrogen) atoms. The van der Waals surface area contributed by atoms with Crippen molar-refractivity contribution in [2.24, 2.45) is 5.73 Å². The van der Waals surface area contributed by atoms with Gasteiger partial charge in [0.05, 0.1) is 4.99 Å². The van der Waals surface area contributed by atoms with Gasteiger partial charge >= 0.3 is 0 Å². The maximum Gasteiger partial charge on any atom is 0.0743 e. The first-order chi connectivity index (χ1) is 7.75. The minimum atomic E-state index is 0. The van der Waals surface area contributed by atoms with Gasteiger partial charge in [-0.1, -0.05) is 42.5 Å². The zero-order chi connectivity index (χ0) is 11.4. The van der Waals surface area contributed by atoms with Crippen molar-refractivity contribution < 1.29 is 0 Å². The number of likely N-dealkylation sites (tertiary alicyclic amines) is 1. The van der Waals surface area contributed by atoms with E-state index in [0.717, 1.165) is 13.0 Å². The van der Waals surface area contributed by atoms with Crippen LogP contribution in [0, 0.1) is 0 Å². The Kier molecular flexibility index (Phi) is 5.89. The molecule has 1 atom stereocenters. The summed E-state index contributed by atoms with van der Waals surface area (Å²) in [5.74, 6) is 0. The van der Waals surface area contributed by atoms with Crippen LogP contribution in [0.1, 0.15) is 24.8 Å². The van der Waals surface area contributed by atoms with E-state index in [1.165, 1.54) is 24.9 Å². The van der Waals surface area contributed by atoms with Crippen LogP contribution in [-0.4, -0.2) is 22.5 Å². The first-order valence-electron chi connectivity index (χ1n) is 5.82. The molecule has 1 fully saturated rings. The molecule has 1 aliphatic heterocycles. The molecule has 2 nitrogen and oxygen atoms in total. The van der Waals surface area contributed by atoms with E-state index in [9.17, 15) is 0 Å². The molecule has 4 heteroatoms. The maximum atomic E-state index is 5.63. The first kappa shape index (κ1) is 14.4. The zero-order valence-electron chi connectivity index (χ0n) is 9.84. The van der Waals surface area contributed by atoms with Crippen LogP contribution in [-0.2, 0) is 6.54 Å². The molecule has 1 aliphatic rings. The van der Waals surface area contributed by atoms with Crippen molar-refractivity contribution in [1.82, 2.24) is 4.90 Å². The molecule has 1 aromatic rings. The lowest BCUT2D eigenvalue weighted by molar-refractivity contribution is 0.250. The highest BCUT2D eigenvalue weighted by Gasteiger charge is 2.24. The van der Waals surface area contributed by atoms with Crippen LogP contribution >= 0.6 is 24.6 Å². The molecule has 0 radical (unpaired) electrons. The Bertz CT molecular complexity index is 356. The van der Waals surface area contributed by atoms with E-state index in [0.29, 0.717) is 11.0 Å². The van der Waals surface area contributed by atoms with Gasteiger partial charge in [-0.25, -0.2) is 0 Å². The van der Waals surface area contributed by atoms with E-state index in [1.807, 2.05) is 0 Å². The average molecular weight is 271 g/mol. The number of hydrogen-bond donors (Lipinski definition) is 1. The van der Waals surface area contributed by atoms with Gasteiger partial charge in [0.2, 0.25) is 0 Å². The van der Waals surface area contributed by atoms with Gasteiger partial charge < -0.3 is 5.73 Å². The first-order valence-corrected chi connectivity index (χ1v) is 6.23. The van der Waals surface area contributed by atoms with Gasteiger partial charge in [-0.15, -0.1) is 12.4 Å². The van der Waals surface area contributed by atoms with Crippen LogP contribution in [0.3, 0.4) is 0 Å².